The average Bonchev–Trinajstić information content (AvgIpc) is 1.23. The molecule has 1 spiro atoms. The molecule has 99 heavy (non-hydrogen) atoms. The lowest BCUT2D eigenvalue weighted by Gasteiger charge is -2.60. The molecule has 11 aliphatic rings. The molecule has 6 saturated heterocycles. The number of fused-ring (bicyclic) bond motifs is 5. The van der Waals surface area contributed by atoms with Crippen molar-refractivity contribution in [2.45, 2.75) is 313 Å². The minimum Gasteiger partial charge on any atom is -0.374 e. The monoisotopic (exact) mass is 1450 g/mol. The smallest absolute Gasteiger partial charge is 0.355 e. The number of nitrogens with zero attached hydrogens (tertiary/aromatic N) is 4. The highest BCUT2D eigenvalue weighted by Gasteiger charge is 2.65. The van der Waals surface area contributed by atoms with Gasteiger partial charge in [-0.15, -0.1) is 0 Å². The minimum absolute atomic E-state index is 0.0235. The number of ether oxygens (including phenoxy) is 7. The molecular formula is C78H117N4O13P2S2+. The number of allylic oxidation sites excluding steroid dienone is 2. The van der Waals surface area contributed by atoms with Crippen LogP contribution in [-0.4, -0.2) is 113 Å². The van der Waals surface area contributed by atoms with Crippen LogP contribution in [0.2, 0.25) is 0 Å². The Balaban J connectivity index is 0.000000188. The van der Waals surface area contributed by atoms with Crippen LogP contribution in [0.15, 0.2) is 52.5 Å². The largest absolute Gasteiger partial charge is 0.374 e. The van der Waals surface area contributed by atoms with Gasteiger partial charge in [-0.05, 0) is 181 Å². The summed E-state index contributed by atoms with van der Waals surface area (Å²) in [7, 11) is -1.51. The van der Waals surface area contributed by atoms with Gasteiger partial charge in [-0.25, -0.2) is 8.42 Å². The van der Waals surface area contributed by atoms with Crippen LogP contribution >= 0.6 is 15.9 Å². The third kappa shape index (κ3) is 17.5. The van der Waals surface area contributed by atoms with Gasteiger partial charge in [-0.2, -0.15) is 21.0 Å². The molecule has 9 fully saturated rings. The van der Waals surface area contributed by atoms with Crippen LogP contribution in [0.5, 0.6) is 0 Å². The first-order valence-corrected chi connectivity index (χ1v) is 40.8. The van der Waals surface area contributed by atoms with Crippen molar-refractivity contribution in [3.05, 3.63) is 53.1 Å². The van der Waals surface area contributed by atoms with E-state index in [0.717, 1.165) is 89.4 Å². The first-order chi connectivity index (χ1) is 46.0. The number of nitriles is 4. The summed E-state index contributed by atoms with van der Waals surface area (Å²) in [5, 5.41) is 36.8. The lowest BCUT2D eigenvalue weighted by Crippen LogP contribution is -2.64. The third-order valence-electron chi connectivity index (χ3n) is 24.2. The minimum atomic E-state index is -3.71. The number of sulfone groups is 1. The Morgan fingerprint density at radius 3 is 1.30 bits per heavy atom. The summed E-state index contributed by atoms with van der Waals surface area (Å²) < 4.78 is 70.8. The van der Waals surface area contributed by atoms with E-state index in [1.54, 1.807) is 12.1 Å². The van der Waals surface area contributed by atoms with Crippen molar-refractivity contribution in [2.75, 3.05) is 13.2 Å². The number of aryl methyl sites for hydroxylation is 1. The molecule has 18 atom stereocenters. The van der Waals surface area contributed by atoms with Crippen LogP contribution in [0.25, 0.3) is 0 Å². The van der Waals surface area contributed by atoms with Crippen molar-refractivity contribution in [2.24, 2.45) is 60.1 Å². The molecule has 1 aromatic carbocycles. The van der Waals surface area contributed by atoms with Crippen LogP contribution in [0.4, 0.5) is 0 Å². The molecule has 21 heteroatoms. The molecule has 0 bridgehead atoms. The second kappa shape index (κ2) is 31.7. The summed E-state index contributed by atoms with van der Waals surface area (Å²) in [6.07, 6.45) is 20.3. The third-order valence-corrected chi connectivity index (χ3v) is 25.4. The van der Waals surface area contributed by atoms with Crippen molar-refractivity contribution < 1.29 is 60.8 Å². The van der Waals surface area contributed by atoms with E-state index >= 15 is 0 Å². The Bertz CT molecular complexity index is 3470. The molecule has 3 saturated carbocycles. The highest BCUT2D eigenvalue weighted by atomic mass is 32.6. The van der Waals surface area contributed by atoms with E-state index in [-0.39, 0.29) is 109 Å². The van der Waals surface area contributed by atoms with Gasteiger partial charge in [0.05, 0.1) is 127 Å². The van der Waals surface area contributed by atoms with Crippen molar-refractivity contribution in [3.8, 4) is 23.6 Å². The van der Waals surface area contributed by atoms with E-state index in [1.165, 1.54) is 36.8 Å². The molecule has 17 nitrogen and oxygen atoms in total. The summed E-state index contributed by atoms with van der Waals surface area (Å²) >= 11 is 4.31. The van der Waals surface area contributed by atoms with Crippen molar-refractivity contribution in [1.82, 2.24) is 0 Å². The molecule has 3 unspecified atom stereocenters. The van der Waals surface area contributed by atoms with Gasteiger partial charge < -0.3 is 33.2 Å². The van der Waals surface area contributed by atoms with Crippen LogP contribution in [0, 0.1) is 112 Å². The maximum absolute atomic E-state index is 12.3. The lowest BCUT2D eigenvalue weighted by atomic mass is 9.55. The molecule has 548 valence electrons. The number of thiocyanates is 1. The van der Waals surface area contributed by atoms with Gasteiger partial charge in [0.2, 0.25) is 0 Å². The quantitative estimate of drug-likeness (QED) is 0.144. The molecule has 0 N–H and O–H groups in total. The van der Waals surface area contributed by atoms with E-state index in [2.05, 4.69) is 110 Å². The second-order valence-corrected chi connectivity index (χ2v) is 38.9. The van der Waals surface area contributed by atoms with Crippen molar-refractivity contribution in [3.63, 3.8) is 0 Å². The Morgan fingerprint density at radius 2 is 0.899 bits per heavy atom. The molecule has 1 aromatic rings. The maximum atomic E-state index is 12.3. The van der Waals surface area contributed by atoms with Crippen LogP contribution in [-0.2, 0) is 74.0 Å². The number of carbonyl (C=O) groups is 4. The average molecular weight is 1450 g/mol. The fourth-order valence-electron chi connectivity index (χ4n) is 18.4. The van der Waals surface area contributed by atoms with E-state index in [1.807, 2.05) is 86.6 Å². The zero-order valence-corrected chi connectivity index (χ0v) is 67.0. The molecule has 0 amide bonds. The lowest BCUT2D eigenvalue weighted by molar-refractivity contribution is -0.319. The Hall–Kier alpha value is -4.04. The molecule has 0 aromatic heterocycles. The second-order valence-electron chi connectivity index (χ2n) is 34.5. The van der Waals surface area contributed by atoms with Crippen LogP contribution in [0.3, 0.4) is 0 Å². The Labute approximate surface area is 603 Å². The van der Waals surface area contributed by atoms with E-state index in [0.29, 0.717) is 35.6 Å². The predicted octanol–water partition coefficient (Wildman–Crippen LogP) is 16.2. The van der Waals surface area contributed by atoms with Crippen molar-refractivity contribution in [1.29, 1.82) is 22.3 Å². The zero-order valence-electron chi connectivity index (χ0n) is 64.3. The number of Topliss-reactive ketones (excluding diaryl/α,β-unsaturated/α-hetero) is 4. The van der Waals surface area contributed by atoms with Gasteiger partial charge in [-0.3, -0.25) is 19.2 Å². The SMILES string of the molecule is C[C@@H]1CC[C@]2(C)C=C(C#N)C(=O)C(C)(C)[C@H]2O1.C[C@H]1CC[C@@]2(C)C=C(C#N)C(=O)C(C)(C)[C@@H]2O1.C[C@H]1CC[C@@]2(C)CC(C#N)C(=O)C(C)(C)[C@@H]2O1.C[C@H]1CC[C@@]2(C)CCC(=O)C(C)(C)[C@@H]2O1.C[C@H]1CC[C@@]2(C)CCC3(OCCO3)C(C)(C)[C@@H]2O1.Cc1ccc(S(=O)(=O)C#N)cc1.[3H][P+](P)=S. The van der Waals surface area contributed by atoms with E-state index < -0.39 is 44.8 Å². The van der Waals surface area contributed by atoms with Gasteiger partial charge >= 0.3 is 1.28 Å². The van der Waals surface area contributed by atoms with Crippen LogP contribution < -0.4 is 0 Å². The van der Waals surface area contributed by atoms with Crippen LogP contribution in [0.1, 0.15) is 240 Å². The molecule has 5 aliphatic carbocycles. The first kappa shape index (κ1) is 82.2. The molecule has 6 heterocycles. The number of benzene rings is 1. The standard InChI is InChI=1S/C15H26O3.C14H21NO2.2C14H19NO2.C13H22O2.C8H7NO2S.H2P2S/c1-11-5-6-14(4)7-8-15(16-9-10-17-15)13(2,3)12(14)18-11;3*1-9-5-6-14(4)7-10(8-15)11(16)13(2,3)12(14)17-9;1-9-5-7-13(4)8-6-10(14)12(2,3)11(13)15-9;1-7-2-4-8(5-3-7)12(10,11)6-9;1-2-3/h11-12H,5-10H2,1-4H3;9-10,12H,5-7H2,1-4H3;2*7,9,12H,5-6H2,1-4H3;9,11H,5-8H2,1-4H3;2-5H,1H3;1H2/p+1/t11-,12-,14-;9-,10?,12-,14-;2*9-,12-,14-;9-,11-,13-;;/m00100../s1/i/hT. The zero-order chi connectivity index (χ0) is 75.6. The Morgan fingerprint density at radius 1 is 0.525 bits per heavy atom. The summed E-state index contributed by atoms with van der Waals surface area (Å²) in [6, 6.07) is 12.4. The highest BCUT2D eigenvalue weighted by Crippen LogP contribution is 2.61. The molecule has 6 aliphatic heterocycles. The van der Waals surface area contributed by atoms with Crippen molar-refractivity contribution >= 4 is 60.7 Å². The predicted molar refractivity (Wildman–Crippen MR) is 391 cm³/mol. The summed E-state index contributed by atoms with van der Waals surface area (Å²) in [5.41, 5.74) is -0.443. The van der Waals surface area contributed by atoms with Gasteiger partial charge in [0.1, 0.15) is 23.8 Å². The van der Waals surface area contributed by atoms with Gasteiger partial charge in [-0.1, -0.05) is 106 Å². The highest BCUT2D eigenvalue weighted by molar-refractivity contribution is 8.24. The number of hydrogen-bond donors (Lipinski definition) is 0. The maximum Gasteiger partial charge on any atom is 0.355 e. The molecule has 0 radical (unpaired) electrons. The summed E-state index contributed by atoms with van der Waals surface area (Å²) in [4.78, 5) is 48.7. The summed E-state index contributed by atoms with van der Waals surface area (Å²) in [5.74, 6) is -0.610. The molecule has 12 rings (SSSR count). The summed E-state index contributed by atoms with van der Waals surface area (Å²) in [6.45, 7) is 44.0. The van der Waals surface area contributed by atoms with E-state index in [4.69, 9.17) is 55.5 Å². The normalized spacial score (nSPS) is 38.4. The Kier molecular flexibility index (Phi) is 26.4. The molecular weight excluding hydrogens is 1330 g/mol. The number of ketones is 4. The number of carbonyl (C=O) groups excluding carboxylic acids is 4. The first-order valence-electron chi connectivity index (χ1n) is 36.2. The fourth-order valence-corrected chi connectivity index (χ4v) is 19.0. The van der Waals surface area contributed by atoms with Gasteiger partial charge in [0.25, 0.3) is 9.84 Å². The number of hydrogen-bond acceptors (Lipinski definition) is 18. The topological polar surface area (TPSA) is 262 Å². The van der Waals surface area contributed by atoms with E-state index in [9.17, 15) is 27.6 Å². The van der Waals surface area contributed by atoms with Gasteiger partial charge in [0.15, 0.2) is 47.3 Å². The fraction of sp³-hybridized carbons (Fsp3) is 0.769. The number of rotatable bonds is 1. The van der Waals surface area contributed by atoms with Gasteiger partial charge in [0, 0.05) is 29.1 Å².